The van der Waals surface area contributed by atoms with Crippen molar-refractivity contribution in [2.45, 2.75) is 6.92 Å². The second-order valence-electron chi connectivity index (χ2n) is 4.78. The van der Waals surface area contributed by atoms with Crippen molar-refractivity contribution in [1.29, 1.82) is 0 Å². The third-order valence-corrected chi connectivity index (χ3v) is 3.29. The first-order chi connectivity index (χ1) is 10.2. The lowest BCUT2D eigenvalue weighted by atomic mass is 10.2. The van der Waals surface area contributed by atoms with Gasteiger partial charge in [-0.1, -0.05) is 24.3 Å². The van der Waals surface area contributed by atoms with E-state index in [4.69, 9.17) is 4.74 Å². The number of carbonyl (C=O) groups is 1. The Kier molecular flexibility index (Phi) is 3.31. The van der Waals surface area contributed by atoms with Gasteiger partial charge in [0.05, 0.1) is 18.3 Å². The van der Waals surface area contributed by atoms with Crippen LogP contribution in [0.1, 0.15) is 16.1 Å². The molecule has 0 atom stereocenters. The lowest BCUT2D eigenvalue weighted by Gasteiger charge is -2.10. The average molecular weight is 281 g/mol. The largest absolute Gasteiger partial charge is 0.495 e. The Bertz CT molecular complexity index is 808. The Morgan fingerprint density at radius 1 is 1.24 bits per heavy atom. The van der Waals surface area contributed by atoms with Crippen LogP contribution < -0.4 is 10.1 Å². The Labute approximate surface area is 121 Å². The van der Waals surface area contributed by atoms with Gasteiger partial charge in [-0.15, -0.1) is 0 Å². The highest BCUT2D eigenvalue weighted by atomic mass is 16.5. The number of aryl methyl sites for hydroxylation is 1. The number of aromatic amines is 1. The molecule has 1 aromatic heterocycles. The molecule has 1 heterocycles. The van der Waals surface area contributed by atoms with E-state index in [0.29, 0.717) is 17.1 Å². The number of rotatable bonds is 3. The minimum absolute atomic E-state index is 0.267. The van der Waals surface area contributed by atoms with Crippen LogP contribution in [0.4, 0.5) is 5.69 Å². The van der Waals surface area contributed by atoms with Gasteiger partial charge in [0.2, 0.25) is 0 Å². The van der Waals surface area contributed by atoms with E-state index in [9.17, 15) is 4.79 Å². The molecule has 0 fully saturated rings. The fourth-order valence-electron chi connectivity index (χ4n) is 2.24. The van der Waals surface area contributed by atoms with Crippen LogP contribution in [0, 0.1) is 6.92 Å². The molecule has 0 aliphatic heterocycles. The number of aromatic nitrogens is 2. The molecule has 5 nitrogen and oxygen atoms in total. The third kappa shape index (κ3) is 2.45. The molecule has 2 N–H and O–H groups in total. The normalized spacial score (nSPS) is 10.6. The van der Waals surface area contributed by atoms with Crippen molar-refractivity contribution >= 4 is 22.5 Å². The molecule has 5 heteroatoms. The van der Waals surface area contributed by atoms with E-state index in [-0.39, 0.29) is 5.91 Å². The Morgan fingerprint density at radius 2 is 2.05 bits per heavy atom. The highest BCUT2D eigenvalue weighted by Gasteiger charge is 2.15. The first kappa shape index (κ1) is 13.2. The molecule has 0 saturated carbocycles. The van der Waals surface area contributed by atoms with E-state index >= 15 is 0 Å². The van der Waals surface area contributed by atoms with Crippen LogP contribution in [0.25, 0.3) is 10.9 Å². The summed E-state index contributed by atoms with van der Waals surface area (Å²) < 4.78 is 5.26. The molecule has 0 unspecified atom stereocenters. The summed E-state index contributed by atoms with van der Waals surface area (Å²) in [5, 5.41) is 10.6. The average Bonchev–Trinajstić information content (AvgIpc) is 2.91. The van der Waals surface area contributed by atoms with Gasteiger partial charge in [0.25, 0.3) is 5.91 Å². The van der Waals surface area contributed by atoms with E-state index in [1.165, 1.54) is 0 Å². The first-order valence-electron chi connectivity index (χ1n) is 6.58. The molecule has 0 spiro atoms. The lowest BCUT2D eigenvalue weighted by Crippen LogP contribution is -2.13. The number of ether oxygens (including phenoxy) is 1. The number of nitrogens with one attached hydrogen (secondary N) is 2. The predicted molar refractivity (Wildman–Crippen MR) is 81.8 cm³/mol. The molecule has 1 amide bonds. The number of hydrogen-bond acceptors (Lipinski definition) is 3. The van der Waals surface area contributed by atoms with Gasteiger partial charge < -0.3 is 10.1 Å². The number of anilines is 1. The summed E-state index contributed by atoms with van der Waals surface area (Å²) in [7, 11) is 1.57. The molecule has 0 aliphatic carbocycles. The van der Waals surface area contributed by atoms with Crippen molar-refractivity contribution in [3.05, 3.63) is 53.7 Å². The molecular formula is C16H15N3O2. The first-order valence-corrected chi connectivity index (χ1v) is 6.58. The number of para-hydroxylation sites is 1. The van der Waals surface area contributed by atoms with Crippen molar-refractivity contribution in [2.24, 2.45) is 0 Å². The van der Waals surface area contributed by atoms with Gasteiger partial charge in [-0.25, -0.2) is 0 Å². The standard InChI is InChI=1S/C16H15N3O2/c1-10-7-8-14(21-2)13(9-10)17-16(20)15-11-5-3-4-6-12(11)18-19-15/h3-9H,1-2H3,(H,17,20)(H,18,19). The number of nitrogens with zero attached hydrogens (tertiary/aromatic N) is 1. The van der Waals surface area contributed by atoms with E-state index in [1.807, 2.05) is 49.4 Å². The second kappa shape index (κ2) is 5.28. The number of fused-ring (bicyclic) bond motifs is 1. The summed E-state index contributed by atoms with van der Waals surface area (Å²) in [5.74, 6) is 0.352. The Balaban J connectivity index is 1.95. The van der Waals surface area contributed by atoms with Crippen molar-refractivity contribution in [3.63, 3.8) is 0 Å². The van der Waals surface area contributed by atoms with Gasteiger partial charge in [0.15, 0.2) is 5.69 Å². The SMILES string of the molecule is COc1ccc(C)cc1NC(=O)c1n[nH]c2ccccc12. The molecule has 0 radical (unpaired) electrons. The summed E-state index contributed by atoms with van der Waals surface area (Å²) in [6.45, 7) is 1.96. The zero-order chi connectivity index (χ0) is 14.8. The second-order valence-corrected chi connectivity index (χ2v) is 4.78. The van der Waals surface area contributed by atoms with Gasteiger partial charge in [0.1, 0.15) is 5.75 Å². The zero-order valence-electron chi connectivity index (χ0n) is 11.8. The van der Waals surface area contributed by atoms with Gasteiger partial charge in [0, 0.05) is 5.39 Å². The molecule has 106 valence electrons. The summed E-state index contributed by atoms with van der Waals surface area (Å²) in [6, 6.07) is 13.1. The number of methoxy groups -OCH3 is 1. The maximum Gasteiger partial charge on any atom is 0.276 e. The summed E-state index contributed by atoms with van der Waals surface area (Å²) in [5.41, 5.74) is 2.88. The van der Waals surface area contributed by atoms with Gasteiger partial charge in [-0.2, -0.15) is 5.10 Å². The lowest BCUT2D eigenvalue weighted by molar-refractivity contribution is 0.102. The highest BCUT2D eigenvalue weighted by molar-refractivity contribution is 6.11. The van der Waals surface area contributed by atoms with Crippen LogP contribution in [0.15, 0.2) is 42.5 Å². The monoisotopic (exact) mass is 281 g/mol. The topological polar surface area (TPSA) is 67.0 Å². The minimum atomic E-state index is -0.267. The molecule has 0 aliphatic rings. The Morgan fingerprint density at radius 3 is 2.86 bits per heavy atom. The molecule has 0 saturated heterocycles. The van der Waals surface area contributed by atoms with Crippen LogP contribution in [-0.4, -0.2) is 23.2 Å². The zero-order valence-corrected chi connectivity index (χ0v) is 11.8. The van der Waals surface area contributed by atoms with Crippen molar-refractivity contribution in [3.8, 4) is 5.75 Å². The summed E-state index contributed by atoms with van der Waals surface area (Å²) in [6.07, 6.45) is 0. The van der Waals surface area contributed by atoms with E-state index < -0.39 is 0 Å². The van der Waals surface area contributed by atoms with Crippen molar-refractivity contribution in [2.75, 3.05) is 12.4 Å². The fourth-order valence-corrected chi connectivity index (χ4v) is 2.24. The Hall–Kier alpha value is -2.82. The van der Waals surface area contributed by atoms with Gasteiger partial charge in [-0.3, -0.25) is 9.89 Å². The number of amides is 1. The van der Waals surface area contributed by atoms with Crippen LogP contribution in [0.5, 0.6) is 5.75 Å². The minimum Gasteiger partial charge on any atom is -0.495 e. The van der Waals surface area contributed by atoms with Crippen molar-refractivity contribution < 1.29 is 9.53 Å². The number of H-pyrrole nitrogens is 1. The fraction of sp³-hybridized carbons (Fsp3) is 0.125. The quantitative estimate of drug-likeness (QED) is 0.775. The van der Waals surface area contributed by atoms with E-state index in [0.717, 1.165) is 16.5 Å². The third-order valence-electron chi connectivity index (χ3n) is 3.29. The molecule has 21 heavy (non-hydrogen) atoms. The molecule has 3 aromatic rings. The number of benzene rings is 2. The van der Waals surface area contributed by atoms with E-state index in [1.54, 1.807) is 7.11 Å². The van der Waals surface area contributed by atoms with Crippen LogP contribution >= 0.6 is 0 Å². The summed E-state index contributed by atoms with van der Waals surface area (Å²) >= 11 is 0. The van der Waals surface area contributed by atoms with Crippen LogP contribution in [0.3, 0.4) is 0 Å². The summed E-state index contributed by atoms with van der Waals surface area (Å²) in [4.78, 5) is 12.4. The molecular weight excluding hydrogens is 266 g/mol. The molecule has 0 bridgehead atoms. The van der Waals surface area contributed by atoms with Gasteiger partial charge >= 0.3 is 0 Å². The van der Waals surface area contributed by atoms with Crippen LogP contribution in [-0.2, 0) is 0 Å². The number of hydrogen-bond donors (Lipinski definition) is 2. The van der Waals surface area contributed by atoms with E-state index in [2.05, 4.69) is 15.5 Å². The highest BCUT2D eigenvalue weighted by Crippen LogP contribution is 2.26. The van der Waals surface area contributed by atoms with Gasteiger partial charge in [-0.05, 0) is 30.7 Å². The smallest absolute Gasteiger partial charge is 0.276 e. The van der Waals surface area contributed by atoms with Crippen LogP contribution in [0.2, 0.25) is 0 Å². The predicted octanol–water partition coefficient (Wildman–Crippen LogP) is 3.13. The maximum absolute atomic E-state index is 12.4. The number of carbonyl (C=O) groups excluding carboxylic acids is 1. The maximum atomic E-state index is 12.4. The molecule has 2 aromatic carbocycles. The van der Waals surface area contributed by atoms with Crippen molar-refractivity contribution in [1.82, 2.24) is 10.2 Å². The molecule has 3 rings (SSSR count).